The van der Waals surface area contributed by atoms with Crippen LogP contribution in [0.5, 0.6) is 0 Å². The Morgan fingerprint density at radius 2 is 0.780 bits per heavy atom. The lowest BCUT2D eigenvalue weighted by Crippen LogP contribution is -2.34. The van der Waals surface area contributed by atoms with Gasteiger partial charge in [-0.1, -0.05) is 182 Å². The van der Waals surface area contributed by atoms with Crippen molar-refractivity contribution in [3.05, 3.63) is 281 Å². The lowest BCUT2D eigenvalue weighted by Gasteiger charge is -2.42. The van der Waals surface area contributed by atoms with Crippen LogP contribution < -0.4 is 4.90 Å². The Hall–Kier alpha value is -6.94. The van der Waals surface area contributed by atoms with Gasteiger partial charge in [-0.15, -0.1) is 0 Å². The van der Waals surface area contributed by atoms with E-state index in [-0.39, 0.29) is 5.82 Å². The second-order valence-corrected chi connectivity index (χ2v) is 16.4. The summed E-state index contributed by atoms with van der Waals surface area (Å²) in [6.45, 7) is 0. The Bertz CT molecular complexity index is 2940. The van der Waals surface area contributed by atoms with Gasteiger partial charge in [0.15, 0.2) is 0 Å². The third-order valence-electron chi connectivity index (χ3n) is 12.3. The van der Waals surface area contributed by atoms with Gasteiger partial charge in [-0.3, -0.25) is 0 Å². The monoisotopic (exact) mass is 775 g/mol. The maximum atomic E-state index is 15.4. The molecule has 1 aliphatic carbocycles. The highest BCUT2D eigenvalue weighted by Gasteiger charge is 2.47. The molecule has 1 aliphatic heterocycles. The summed E-state index contributed by atoms with van der Waals surface area (Å²) in [4.78, 5) is 4.88. The molecular formula is C56H38FNS. The number of nitrogens with zero attached hydrogens (tertiary/aromatic N) is 1. The van der Waals surface area contributed by atoms with Gasteiger partial charge in [0.1, 0.15) is 5.82 Å². The third kappa shape index (κ3) is 5.39. The molecule has 1 atom stereocenters. The number of anilines is 3. The van der Waals surface area contributed by atoms with Crippen molar-refractivity contribution in [3.63, 3.8) is 0 Å². The number of benzene rings is 9. The van der Waals surface area contributed by atoms with Crippen LogP contribution in [0.25, 0.3) is 11.1 Å². The maximum absolute atomic E-state index is 15.4. The molecule has 3 heteroatoms. The highest BCUT2D eigenvalue weighted by atomic mass is 32.2. The zero-order valence-electron chi connectivity index (χ0n) is 32.2. The van der Waals surface area contributed by atoms with E-state index in [1.165, 1.54) is 32.0 Å². The largest absolute Gasteiger partial charge is 0.310 e. The van der Waals surface area contributed by atoms with Gasteiger partial charge in [0.05, 0.1) is 10.8 Å². The number of rotatable bonds is 7. The molecule has 0 N–H and O–H groups in total. The number of para-hydroxylation sites is 1. The Morgan fingerprint density at radius 3 is 1.42 bits per heavy atom. The molecule has 11 rings (SSSR count). The van der Waals surface area contributed by atoms with Crippen LogP contribution in [-0.2, 0) is 10.8 Å². The number of hydrogen-bond acceptors (Lipinski definition) is 2. The molecule has 59 heavy (non-hydrogen) atoms. The Balaban J connectivity index is 1.12. The molecule has 9 aromatic carbocycles. The molecule has 0 amide bonds. The summed E-state index contributed by atoms with van der Waals surface area (Å²) in [7, 11) is 0. The fraction of sp³-hybridized carbons (Fsp3) is 0.0357. The standard InChI is InChI=1S/C56H38FNS/c57-43-33-36-48-47-25-10-11-26-49(47)55(52(48)38-43,39-17-4-1-5-18-39)41-31-34-45(35-32-41)58(44-22-8-3-9-23-44)46-24-16-21-42(37-46)56(40-19-6-2-7-20-40)50-27-12-14-29-53(50)59-54-30-15-13-28-51(54)56/h1-38H. The van der Waals surface area contributed by atoms with E-state index in [0.717, 1.165) is 50.4 Å². The van der Waals surface area contributed by atoms with E-state index in [1.54, 1.807) is 12.1 Å². The predicted octanol–water partition coefficient (Wildman–Crippen LogP) is 14.5. The Morgan fingerprint density at radius 1 is 0.322 bits per heavy atom. The molecule has 0 bridgehead atoms. The number of hydrogen-bond donors (Lipinski definition) is 0. The van der Waals surface area contributed by atoms with Crippen molar-refractivity contribution in [2.45, 2.75) is 20.6 Å². The van der Waals surface area contributed by atoms with E-state index in [9.17, 15) is 0 Å². The van der Waals surface area contributed by atoms with Crippen LogP contribution in [-0.4, -0.2) is 0 Å². The van der Waals surface area contributed by atoms with Crippen LogP contribution in [0.3, 0.4) is 0 Å². The molecule has 1 nitrogen and oxygen atoms in total. The molecule has 0 saturated carbocycles. The molecule has 1 heterocycles. The molecule has 1 unspecified atom stereocenters. The molecule has 0 aromatic heterocycles. The summed E-state index contributed by atoms with van der Waals surface area (Å²) < 4.78 is 15.4. The van der Waals surface area contributed by atoms with E-state index in [1.807, 2.05) is 23.9 Å². The number of fused-ring (bicyclic) bond motifs is 5. The molecule has 280 valence electrons. The van der Waals surface area contributed by atoms with Crippen molar-refractivity contribution >= 4 is 28.8 Å². The van der Waals surface area contributed by atoms with Gasteiger partial charge in [-0.05, 0) is 116 Å². The molecule has 9 aromatic rings. The van der Waals surface area contributed by atoms with Gasteiger partial charge in [0, 0.05) is 26.9 Å². The summed E-state index contributed by atoms with van der Waals surface area (Å²) in [5, 5.41) is 0. The van der Waals surface area contributed by atoms with Crippen molar-refractivity contribution < 1.29 is 4.39 Å². The fourth-order valence-corrected chi connectivity index (χ4v) is 11.2. The van der Waals surface area contributed by atoms with Crippen LogP contribution in [0.1, 0.15) is 44.5 Å². The average Bonchev–Trinajstić information content (AvgIpc) is 3.59. The molecule has 0 fully saturated rings. The van der Waals surface area contributed by atoms with Crippen LogP contribution in [0.2, 0.25) is 0 Å². The summed E-state index contributed by atoms with van der Waals surface area (Å²) in [6, 6.07) is 81.8. The van der Waals surface area contributed by atoms with E-state index >= 15 is 4.39 Å². The minimum Gasteiger partial charge on any atom is -0.310 e. The average molecular weight is 776 g/mol. The molecular weight excluding hydrogens is 738 g/mol. The van der Waals surface area contributed by atoms with Crippen molar-refractivity contribution in [1.29, 1.82) is 0 Å². The summed E-state index contributed by atoms with van der Waals surface area (Å²) >= 11 is 1.85. The zero-order chi connectivity index (χ0) is 39.4. The predicted molar refractivity (Wildman–Crippen MR) is 241 cm³/mol. The summed E-state index contributed by atoms with van der Waals surface area (Å²) in [5.41, 5.74) is 13.4. The summed E-state index contributed by atoms with van der Waals surface area (Å²) in [6.07, 6.45) is 0. The first kappa shape index (κ1) is 35.2. The van der Waals surface area contributed by atoms with Gasteiger partial charge in [0.2, 0.25) is 0 Å². The van der Waals surface area contributed by atoms with Gasteiger partial charge in [-0.2, -0.15) is 0 Å². The highest BCUT2D eigenvalue weighted by Crippen LogP contribution is 2.58. The molecule has 0 spiro atoms. The van der Waals surface area contributed by atoms with Crippen LogP contribution in [0, 0.1) is 5.82 Å². The van der Waals surface area contributed by atoms with Crippen molar-refractivity contribution in [2.75, 3.05) is 4.90 Å². The smallest absolute Gasteiger partial charge is 0.123 e. The minimum atomic E-state index is -0.701. The second-order valence-electron chi connectivity index (χ2n) is 15.3. The normalized spacial score (nSPS) is 15.7. The van der Waals surface area contributed by atoms with Crippen molar-refractivity contribution in [1.82, 2.24) is 0 Å². The van der Waals surface area contributed by atoms with Gasteiger partial charge in [-0.25, -0.2) is 4.39 Å². The first-order valence-electron chi connectivity index (χ1n) is 20.1. The summed E-state index contributed by atoms with van der Waals surface area (Å²) in [5.74, 6) is -0.237. The van der Waals surface area contributed by atoms with Gasteiger partial charge < -0.3 is 4.90 Å². The lowest BCUT2D eigenvalue weighted by molar-refractivity contribution is 0.621. The molecule has 0 saturated heterocycles. The Labute approximate surface area is 349 Å². The topological polar surface area (TPSA) is 3.24 Å². The van der Waals surface area contributed by atoms with E-state index in [0.29, 0.717) is 0 Å². The van der Waals surface area contributed by atoms with E-state index < -0.39 is 10.8 Å². The van der Waals surface area contributed by atoms with Crippen molar-refractivity contribution in [3.8, 4) is 11.1 Å². The second kappa shape index (κ2) is 14.2. The van der Waals surface area contributed by atoms with Gasteiger partial charge in [0.25, 0.3) is 0 Å². The maximum Gasteiger partial charge on any atom is 0.123 e. The Kier molecular flexibility index (Phi) is 8.46. The van der Waals surface area contributed by atoms with Crippen LogP contribution in [0.4, 0.5) is 21.5 Å². The van der Waals surface area contributed by atoms with Gasteiger partial charge >= 0.3 is 0 Å². The molecule has 0 radical (unpaired) electrons. The quantitative estimate of drug-likeness (QED) is 0.159. The first-order chi connectivity index (χ1) is 29.2. The minimum absolute atomic E-state index is 0.237. The van der Waals surface area contributed by atoms with Crippen LogP contribution in [0.15, 0.2) is 240 Å². The fourth-order valence-electron chi connectivity index (χ4n) is 9.96. The van der Waals surface area contributed by atoms with E-state index in [2.05, 4.69) is 211 Å². The van der Waals surface area contributed by atoms with E-state index in [4.69, 9.17) is 0 Å². The van der Waals surface area contributed by atoms with Crippen molar-refractivity contribution in [2.24, 2.45) is 0 Å². The third-order valence-corrected chi connectivity index (χ3v) is 13.5. The highest BCUT2D eigenvalue weighted by molar-refractivity contribution is 7.99. The lowest BCUT2D eigenvalue weighted by atomic mass is 9.64. The van der Waals surface area contributed by atoms with Crippen LogP contribution >= 0.6 is 11.8 Å². The number of halogens is 1. The first-order valence-corrected chi connectivity index (χ1v) is 20.9. The zero-order valence-corrected chi connectivity index (χ0v) is 33.0. The SMILES string of the molecule is Fc1ccc2c(c1)C(c1ccccc1)(c1ccc(N(c3ccccc3)c3cccc(C4(c5ccccc5)c5ccccc5Sc5ccccc54)c3)cc1)c1ccccc1-2. The molecule has 2 aliphatic rings.